The van der Waals surface area contributed by atoms with E-state index >= 15 is 0 Å². The number of anilines is 2. The molecule has 3 N–H and O–H groups in total. The van der Waals surface area contributed by atoms with Crippen LogP contribution in [0.25, 0.3) is 0 Å². The van der Waals surface area contributed by atoms with Gasteiger partial charge in [-0.05, 0) is 32.9 Å². The van der Waals surface area contributed by atoms with Crippen molar-refractivity contribution in [3.8, 4) is 0 Å². The van der Waals surface area contributed by atoms with Gasteiger partial charge in [-0.2, -0.15) is 0 Å². The van der Waals surface area contributed by atoms with E-state index in [-0.39, 0.29) is 6.04 Å². The van der Waals surface area contributed by atoms with Crippen LogP contribution in [-0.2, 0) is 0 Å². The SMILES string of the molecule is CCNc1c(NC(C)C)cccc1C(=O)O. The maximum absolute atomic E-state index is 11.1. The van der Waals surface area contributed by atoms with Gasteiger partial charge in [0.15, 0.2) is 0 Å². The standard InChI is InChI=1S/C12H18N2O2/c1-4-13-11-9(12(15)16)6-5-7-10(11)14-8(2)3/h5-8,13-14H,4H2,1-3H3,(H,15,16). The Morgan fingerprint density at radius 1 is 1.44 bits per heavy atom. The first-order chi connectivity index (χ1) is 7.56. The molecule has 4 heteroatoms. The summed E-state index contributed by atoms with van der Waals surface area (Å²) in [4.78, 5) is 11.1. The van der Waals surface area contributed by atoms with Crippen molar-refractivity contribution in [2.45, 2.75) is 26.8 Å². The average molecular weight is 222 g/mol. The van der Waals surface area contributed by atoms with Crippen molar-refractivity contribution in [1.29, 1.82) is 0 Å². The molecule has 16 heavy (non-hydrogen) atoms. The molecule has 1 aromatic rings. The summed E-state index contributed by atoms with van der Waals surface area (Å²) in [6.07, 6.45) is 0. The fourth-order valence-corrected chi connectivity index (χ4v) is 1.53. The number of carboxylic acid groups (broad SMARTS) is 1. The van der Waals surface area contributed by atoms with Crippen LogP contribution in [0, 0.1) is 0 Å². The number of aromatic carboxylic acids is 1. The highest BCUT2D eigenvalue weighted by molar-refractivity contribution is 5.98. The third-order valence-electron chi connectivity index (χ3n) is 2.09. The van der Waals surface area contributed by atoms with E-state index in [1.807, 2.05) is 26.8 Å². The maximum Gasteiger partial charge on any atom is 0.337 e. The van der Waals surface area contributed by atoms with E-state index in [4.69, 9.17) is 5.11 Å². The summed E-state index contributed by atoms with van der Waals surface area (Å²) in [7, 11) is 0. The van der Waals surface area contributed by atoms with Gasteiger partial charge in [-0.1, -0.05) is 6.07 Å². The molecule has 0 atom stereocenters. The van der Waals surface area contributed by atoms with Gasteiger partial charge in [0.2, 0.25) is 0 Å². The zero-order valence-electron chi connectivity index (χ0n) is 9.87. The van der Waals surface area contributed by atoms with E-state index in [1.165, 1.54) is 0 Å². The molecule has 4 nitrogen and oxygen atoms in total. The molecule has 0 saturated heterocycles. The first-order valence-electron chi connectivity index (χ1n) is 5.43. The fourth-order valence-electron chi connectivity index (χ4n) is 1.53. The molecule has 0 fully saturated rings. The van der Waals surface area contributed by atoms with Crippen LogP contribution in [0.1, 0.15) is 31.1 Å². The Balaban J connectivity index is 3.15. The van der Waals surface area contributed by atoms with Gasteiger partial charge in [0.1, 0.15) is 0 Å². The van der Waals surface area contributed by atoms with E-state index in [1.54, 1.807) is 12.1 Å². The largest absolute Gasteiger partial charge is 0.478 e. The molecule has 0 unspecified atom stereocenters. The van der Waals surface area contributed by atoms with Crippen molar-refractivity contribution >= 4 is 17.3 Å². The molecule has 0 radical (unpaired) electrons. The van der Waals surface area contributed by atoms with E-state index in [9.17, 15) is 4.79 Å². The Labute approximate surface area is 95.7 Å². The van der Waals surface area contributed by atoms with Gasteiger partial charge in [0, 0.05) is 12.6 Å². The fraction of sp³-hybridized carbons (Fsp3) is 0.417. The van der Waals surface area contributed by atoms with Crippen LogP contribution >= 0.6 is 0 Å². The Morgan fingerprint density at radius 3 is 2.62 bits per heavy atom. The van der Waals surface area contributed by atoms with Crippen molar-refractivity contribution in [1.82, 2.24) is 0 Å². The predicted octanol–water partition coefficient (Wildman–Crippen LogP) is 2.64. The number of carboxylic acids is 1. The molecule has 0 aliphatic rings. The van der Waals surface area contributed by atoms with Gasteiger partial charge >= 0.3 is 5.97 Å². The lowest BCUT2D eigenvalue weighted by Gasteiger charge is -2.17. The summed E-state index contributed by atoms with van der Waals surface area (Å²) in [6.45, 7) is 6.67. The number of hydrogen-bond acceptors (Lipinski definition) is 3. The molecular weight excluding hydrogens is 204 g/mol. The number of nitrogens with one attached hydrogen (secondary N) is 2. The van der Waals surface area contributed by atoms with Crippen molar-refractivity contribution in [2.24, 2.45) is 0 Å². The Hall–Kier alpha value is -1.71. The molecule has 0 bridgehead atoms. The summed E-state index contributed by atoms with van der Waals surface area (Å²) in [6, 6.07) is 5.49. The second-order valence-corrected chi connectivity index (χ2v) is 3.86. The molecule has 0 aromatic heterocycles. The van der Waals surface area contributed by atoms with Gasteiger partial charge in [0.05, 0.1) is 16.9 Å². The lowest BCUT2D eigenvalue weighted by molar-refractivity contribution is 0.0698. The minimum Gasteiger partial charge on any atom is -0.478 e. The summed E-state index contributed by atoms with van der Waals surface area (Å²) in [5, 5.41) is 15.4. The lowest BCUT2D eigenvalue weighted by Crippen LogP contribution is -2.14. The minimum atomic E-state index is -0.914. The van der Waals surface area contributed by atoms with Crippen LogP contribution in [0.4, 0.5) is 11.4 Å². The third-order valence-corrected chi connectivity index (χ3v) is 2.09. The monoisotopic (exact) mass is 222 g/mol. The van der Waals surface area contributed by atoms with E-state index in [0.29, 0.717) is 17.8 Å². The topological polar surface area (TPSA) is 61.4 Å². The van der Waals surface area contributed by atoms with Crippen molar-refractivity contribution in [2.75, 3.05) is 17.2 Å². The summed E-state index contributed by atoms with van der Waals surface area (Å²) >= 11 is 0. The molecule has 0 heterocycles. The highest BCUT2D eigenvalue weighted by Gasteiger charge is 2.13. The molecular formula is C12H18N2O2. The molecule has 0 aliphatic heterocycles. The van der Waals surface area contributed by atoms with E-state index < -0.39 is 5.97 Å². The summed E-state index contributed by atoms with van der Waals surface area (Å²) in [5.41, 5.74) is 1.79. The number of carbonyl (C=O) groups is 1. The molecule has 0 amide bonds. The van der Waals surface area contributed by atoms with Gasteiger partial charge in [-0.25, -0.2) is 4.79 Å². The number of hydrogen-bond donors (Lipinski definition) is 3. The number of para-hydroxylation sites is 1. The maximum atomic E-state index is 11.1. The Kier molecular flexibility index (Phi) is 4.17. The average Bonchev–Trinajstić information content (AvgIpc) is 2.19. The quantitative estimate of drug-likeness (QED) is 0.716. The first-order valence-corrected chi connectivity index (χ1v) is 5.43. The van der Waals surface area contributed by atoms with E-state index in [2.05, 4.69) is 10.6 Å². The molecule has 1 aromatic carbocycles. The third kappa shape index (κ3) is 2.89. The molecule has 88 valence electrons. The van der Waals surface area contributed by atoms with Crippen LogP contribution in [0.15, 0.2) is 18.2 Å². The van der Waals surface area contributed by atoms with Gasteiger partial charge in [-0.3, -0.25) is 0 Å². The van der Waals surface area contributed by atoms with Crippen LogP contribution in [-0.4, -0.2) is 23.7 Å². The first kappa shape index (κ1) is 12.4. The zero-order valence-corrected chi connectivity index (χ0v) is 9.87. The zero-order chi connectivity index (χ0) is 12.1. The Morgan fingerprint density at radius 2 is 2.12 bits per heavy atom. The normalized spacial score (nSPS) is 10.2. The van der Waals surface area contributed by atoms with E-state index in [0.717, 1.165) is 5.69 Å². The highest BCUT2D eigenvalue weighted by atomic mass is 16.4. The number of rotatable bonds is 5. The second-order valence-electron chi connectivity index (χ2n) is 3.86. The van der Waals surface area contributed by atoms with Crippen LogP contribution in [0.2, 0.25) is 0 Å². The lowest BCUT2D eigenvalue weighted by atomic mass is 10.1. The summed E-state index contributed by atoms with van der Waals surface area (Å²) in [5.74, 6) is -0.914. The second kappa shape index (κ2) is 5.39. The van der Waals surface area contributed by atoms with Crippen LogP contribution in [0.3, 0.4) is 0 Å². The molecule has 1 rings (SSSR count). The molecule has 0 saturated carbocycles. The van der Waals surface area contributed by atoms with Gasteiger partial charge in [-0.15, -0.1) is 0 Å². The van der Waals surface area contributed by atoms with Crippen molar-refractivity contribution < 1.29 is 9.90 Å². The Bertz CT molecular complexity index is 375. The van der Waals surface area contributed by atoms with Crippen LogP contribution < -0.4 is 10.6 Å². The van der Waals surface area contributed by atoms with Crippen molar-refractivity contribution in [3.05, 3.63) is 23.8 Å². The van der Waals surface area contributed by atoms with Gasteiger partial charge < -0.3 is 15.7 Å². The highest BCUT2D eigenvalue weighted by Crippen LogP contribution is 2.26. The van der Waals surface area contributed by atoms with Crippen molar-refractivity contribution in [3.63, 3.8) is 0 Å². The number of benzene rings is 1. The smallest absolute Gasteiger partial charge is 0.337 e. The molecule has 0 spiro atoms. The predicted molar refractivity (Wildman–Crippen MR) is 66.3 cm³/mol. The molecule has 0 aliphatic carbocycles. The minimum absolute atomic E-state index is 0.265. The van der Waals surface area contributed by atoms with Crippen LogP contribution in [0.5, 0.6) is 0 Å². The summed E-state index contributed by atoms with van der Waals surface area (Å²) < 4.78 is 0. The van der Waals surface area contributed by atoms with Gasteiger partial charge in [0.25, 0.3) is 0 Å².